The predicted molar refractivity (Wildman–Crippen MR) is 86.5 cm³/mol. The van der Waals surface area contributed by atoms with Crippen molar-refractivity contribution in [2.45, 2.75) is 20.4 Å². The third-order valence-corrected chi connectivity index (χ3v) is 4.26. The van der Waals surface area contributed by atoms with Gasteiger partial charge in [0.05, 0.1) is 18.7 Å². The number of ether oxygens (including phenoxy) is 2. The van der Waals surface area contributed by atoms with Crippen LogP contribution in [0.4, 0.5) is 0 Å². The highest BCUT2D eigenvalue weighted by molar-refractivity contribution is 6.32. The van der Waals surface area contributed by atoms with Crippen molar-refractivity contribution in [2.75, 3.05) is 26.8 Å². The van der Waals surface area contributed by atoms with Crippen LogP contribution in [0.1, 0.15) is 19.4 Å². The van der Waals surface area contributed by atoms with Crippen LogP contribution in [0.15, 0.2) is 12.1 Å². The minimum absolute atomic E-state index is 0.0151. The lowest BCUT2D eigenvalue weighted by molar-refractivity contribution is -0.126. The molecule has 1 atom stereocenters. The molecule has 0 aliphatic carbocycles. The van der Waals surface area contributed by atoms with E-state index in [2.05, 4.69) is 10.6 Å². The van der Waals surface area contributed by atoms with Gasteiger partial charge in [0.1, 0.15) is 0 Å². The number of carbonyl (C=O) groups is 1. The maximum atomic E-state index is 12.1. The zero-order chi connectivity index (χ0) is 16.1. The molecule has 6 heteroatoms. The molecule has 1 fully saturated rings. The van der Waals surface area contributed by atoms with Crippen LogP contribution in [0.25, 0.3) is 0 Å². The molecule has 5 nitrogen and oxygen atoms in total. The van der Waals surface area contributed by atoms with E-state index in [1.165, 1.54) is 0 Å². The highest BCUT2D eigenvalue weighted by Crippen LogP contribution is 2.36. The van der Waals surface area contributed by atoms with Crippen molar-refractivity contribution in [2.24, 2.45) is 11.8 Å². The van der Waals surface area contributed by atoms with Gasteiger partial charge in [0.15, 0.2) is 11.5 Å². The van der Waals surface area contributed by atoms with Gasteiger partial charge in [-0.1, -0.05) is 18.5 Å². The fraction of sp³-hybridized carbons (Fsp3) is 0.562. The zero-order valence-corrected chi connectivity index (χ0v) is 14.0. The van der Waals surface area contributed by atoms with Crippen molar-refractivity contribution in [1.29, 1.82) is 0 Å². The number of amides is 1. The third kappa shape index (κ3) is 3.84. The largest absolute Gasteiger partial charge is 0.493 e. The third-order valence-electron chi connectivity index (χ3n) is 3.98. The number of rotatable bonds is 7. The average Bonchev–Trinajstić information content (AvgIpc) is 2.45. The van der Waals surface area contributed by atoms with Crippen LogP contribution < -0.4 is 20.1 Å². The first-order valence-electron chi connectivity index (χ1n) is 7.54. The molecule has 1 unspecified atom stereocenters. The van der Waals surface area contributed by atoms with Crippen LogP contribution in [-0.4, -0.2) is 32.7 Å². The number of hydrogen-bond acceptors (Lipinski definition) is 4. The van der Waals surface area contributed by atoms with Crippen molar-refractivity contribution in [1.82, 2.24) is 10.6 Å². The molecule has 1 heterocycles. The van der Waals surface area contributed by atoms with Crippen LogP contribution in [-0.2, 0) is 11.3 Å². The summed E-state index contributed by atoms with van der Waals surface area (Å²) in [6.07, 6.45) is 0. The van der Waals surface area contributed by atoms with Crippen LogP contribution in [0.5, 0.6) is 11.5 Å². The number of benzene rings is 1. The number of halogens is 1. The Bertz CT molecular complexity index is 532. The molecule has 22 heavy (non-hydrogen) atoms. The summed E-state index contributed by atoms with van der Waals surface area (Å²) in [4.78, 5) is 12.1. The second-order valence-electron chi connectivity index (χ2n) is 5.47. The SMILES string of the molecule is CCOc1c(Cl)cc(CNC(=O)C(C)C2CNC2)cc1OC. The molecule has 0 bridgehead atoms. The Kier molecular flexibility index (Phi) is 5.91. The minimum atomic E-state index is 0.0151. The number of methoxy groups -OCH3 is 1. The van der Waals surface area contributed by atoms with E-state index < -0.39 is 0 Å². The van der Waals surface area contributed by atoms with E-state index >= 15 is 0 Å². The van der Waals surface area contributed by atoms with Gasteiger partial charge >= 0.3 is 0 Å². The van der Waals surface area contributed by atoms with Crippen LogP contribution in [0.2, 0.25) is 5.02 Å². The predicted octanol–water partition coefficient (Wildman–Crippen LogP) is 2.22. The highest BCUT2D eigenvalue weighted by atomic mass is 35.5. The maximum Gasteiger partial charge on any atom is 0.223 e. The second kappa shape index (κ2) is 7.70. The van der Waals surface area contributed by atoms with Crippen molar-refractivity contribution in [3.8, 4) is 11.5 Å². The monoisotopic (exact) mass is 326 g/mol. The van der Waals surface area contributed by atoms with Gasteiger partial charge in [0, 0.05) is 12.5 Å². The van der Waals surface area contributed by atoms with E-state index in [9.17, 15) is 4.79 Å². The van der Waals surface area contributed by atoms with Gasteiger partial charge in [-0.2, -0.15) is 0 Å². The molecule has 0 aromatic heterocycles. The van der Waals surface area contributed by atoms with Crippen molar-refractivity contribution in [3.63, 3.8) is 0 Å². The van der Waals surface area contributed by atoms with E-state index in [4.69, 9.17) is 21.1 Å². The molecule has 1 aromatic carbocycles. The Balaban J connectivity index is 2.00. The Morgan fingerprint density at radius 1 is 1.50 bits per heavy atom. The molecule has 1 amide bonds. The van der Waals surface area contributed by atoms with Gasteiger partial charge in [-0.25, -0.2) is 0 Å². The molecule has 0 radical (unpaired) electrons. The first kappa shape index (κ1) is 16.9. The molecule has 1 aliphatic rings. The normalized spacial score (nSPS) is 15.8. The molecular formula is C16H23ClN2O3. The molecule has 2 N–H and O–H groups in total. The maximum absolute atomic E-state index is 12.1. The standard InChI is InChI=1S/C16H23ClN2O3/c1-4-22-15-13(17)5-11(6-14(15)21-3)7-19-16(20)10(2)12-8-18-9-12/h5-6,10,12,18H,4,7-9H2,1-3H3,(H,19,20). The lowest BCUT2D eigenvalue weighted by Gasteiger charge is -2.31. The van der Waals surface area contributed by atoms with Crippen LogP contribution >= 0.6 is 11.6 Å². The lowest BCUT2D eigenvalue weighted by atomic mass is 9.88. The molecule has 1 saturated heterocycles. The molecule has 1 aliphatic heterocycles. The fourth-order valence-corrected chi connectivity index (χ4v) is 2.68. The quantitative estimate of drug-likeness (QED) is 0.806. The summed E-state index contributed by atoms with van der Waals surface area (Å²) in [5, 5.41) is 6.63. The summed E-state index contributed by atoms with van der Waals surface area (Å²) in [7, 11) is 1.57. The molecule has 0 spiro atoms. The summed E-state index contributed by atoms with van der Waals surface area (Å²) in [6, 6.07) is 3.64. The van der Waals surface area contributed by atoms with E-state index in [-0.39, 0.29) is 11.8 Å². The highest BCUT2D eigenvalue weighted by Gasteiger charge is 2.28. The first-order valence-corrected chi connectivity index (χ1v) is 7.92. The molecular weight excluding hydrogens is 304 g/mol. The number of nitrogens with one attached hydrogen (secondary N) is 2. The summed E-state index contributed by atoms with van der Waals surface area (Å²) >= 11 is 6.23. The van der Waals surface area contributed by atoms with Gasteiger partial charge in [-0.05, 0) is 43.6 Å². The number of hydrogen-bond donors (Lipinski definition) is 2. The lowest BCUT2D eigenvalue weighted by Crippen LogP contribution is -2.49. The topological polar surface area (TPSA) is 59.6 Å². The van der Waals surface area contributed by atoms with Crippen molar-refractivity contribution >= 4 is 17.5 Å². The van der Waals surface area contributed by atoms with Gasteiger partial charge in [-0.3, -0.25) is 4.79 Å². The summed E-state index contributed by atoms with van der Waals surface area (Å²) in [5.41, 5.74) is 0.887. The van der Waals surface area contributed by atoms with E-state index in [0.29, 0.717) is 35.6 Å². The summed E-state index contributed by atoms with van der Waals surface area (Å²) < 4.78 is 10.8. The molecule has 1 aromatic rings. The van der Waals surface area contributed by atoms with Crippen LogP contribution in [0.3, 0.4) is 0 Å². The average molecular weight is 327 g/mol. The van der Waals surface area contributed by atoms with E-state index in [0.717, 1.165) is 18.7 Å². The molecule has 122 valence electrons. The smallest absolute Gasteiger partial charge is 0.223 e. The van der Waals surface area contributed by atoms with Crippen LogP contribution in [0, 0.1) is 11.8 Å². The Morgan fingerprint density at radius 2 is 2.23 bits per heavy atom. The van der Waals surface area contributed by atoms with Gasteiger partial charge in [0.25, 0.3) is 0 Å². The van der Waals surface area contributed by atoms with Crippen molar-refractivity contribution < 1.29 is 14.3 Å². The molecule has 0 saturated carbocycles. The van der Waals surface area contributed by atoms with Gasteiger partial charge < -0.3 is 20.1 Å². The summed E-state index contributed by atoms with van der Waals surface area (Å²) in [5.74, 6) is 1.63. The summed E-state index contributed by atoms with van der Waals surface area (Å²) in [6.45, 7) is 6.62. The first-order chi connectivity index (χ1) is 10.6. The second-order valence-corrected chi connectivity index (χ2v) is 5.87. The number of carbonyl (C=O) groups excluding carboxylic acids is 1. The Hall–Kier alpha value is -1.46. The van der Waals surface area contributed by atoms with Gasteiger partial charge in [-0.15, -0.1) is 0 Å². The minimum Gasteiger partial charge on any atom is -0.493 e. The van der Waals surface area contributed by atoms with Crippen molar-refractivity contribution in [3.05, 3.63) is 22.7 Å². The van der Waals surface area contributed by atoms with E-state index in [1.54, 1.807) is 13.2 Å². The Labute approximate surface area is 136 Å². The van der Waals surface area contributed by atoms with E-state index in [1.807, 2.05) is 19.9 Å². The fourth-order valence-electron chi connectivity index (χ4n) is 2.39. The van der Waals surface area contributed by atoms with Gasteiger partial charge in [0.2, 0.25) is 5.91 Å². The zero-order valence-electron chi connectivity index (χ0n) is 13.2. The Morgan fingerprint density at radius 3 is 2.77 bits per heavy atom. The molecule has 2 rings (SSSR count).